The van der Waals surface area contributed by atoms with Crippen molar-refractivity contribution in [2.24, 2.45) is 17.6 Å². The van der Waals surface area contributed by atoms with Crippen LogP contribution in [0, 0.1) is 11.8 Å². The van der Waals surface area contributed by atoms with Crippen LogP contribution in [0.25, 0.3) is 0 Å². The van der Waals surface area contributed by atoms with Crippen LogP contribution in [0.15, 0.2) is 0 Å². The molecule has 0 spiro atoms. The second-order valence-electron chi connectivity index (χ2n) is 10.8. The van der Waals surface area contributed by atoms with Crippen molar-refractivity contribution in [3.63, 3.8) is 0 Å². The zero-order valence-electron chi connectivity index (χ0n) is 26.6. The van der Waals surface area contributed by atoms with E-state index in [0.717, 1.165) is 25.5 Å². The molecule has 0 radical (unpaired) electrons. The molecule has 2 aliphatic rings. The molecule has 232 valence electrons. The van der Waals surface area contributed by atoms with Crippen LogP contribution in [0.1, 0.15) is 101 Å². The van der Waals surface area contributed by atoms with E-state index in [0.29, 0.717) is 18.9 Å². The maximum Gasteiger partial charge on any atom is 0.293 e. The summed E-state index contributed by atoms with van der Waals surface area (Å²) in [6.45, 7) is 18.9. The third kappa shape index (κ3) is 20.5. The second kappa shape index (κ2) is 23.8. The predicted molar refractivity (Wildman–Crippen MR) is 158 cm³/mol. The lowest BCUT2D eigenvalue weighted by Crippen LogP contribution is -2.50. The van der Waals surface area contributed by atoms with E-state index in [4.69, 9.17) is 5.73 Å². The number of rotatable bonds is 10. The van der Waals surface area contributed by atoms with Crippen LogP contribution in [0.2, 0.25) is 0 Å². The van der Waals surface area contributed by atoms with Gasteiger partial charge in [-0.05, 0) is 66.0 Å². The Labute approximate surface area is 238 Å². The summed E-state index contributed by atoms with van der Waals surface area (Å²) in [4.78, 5) is 44.8. The van der Waals surface area contributed by atoms with Crippen LogP contribution in [0.5, 0.6) is 0 Å². The van der Waals surface area contributed by atoms with Crippen molar-refractivity contribution in [2.75, 3.05) is 20.6 Å². The van der Waals surface area contributed by atoms with Crippen molar-refractivity contribution < 1.29 is 29.0 Å². The number of hydrogen-bond acceptors (Lipinski definition) is 8. The molecule has 10 heteroatoms. The van der Waals surface area contributed by atoms with Crippen molar-refractivity contribution >= 4 is 24.6 Å². The number of likely N-dealkylation sites (N-methyl/N-ethyl adjacent to an activating group) is 2. The number of hydrogen-bond donors (Lipinski definition) is 4. The fourth-order valence-corrected chi connectivity index (χ4v) is 3.59. The lowest BCUT2D eigenvalue weighted by atomic mass is 10.0. The lowest BCUT2D eigenvalue weighted by molar-refractivity contribution is -0.138. The summed E-state index contributed by atoms with van der Waals surface area (Å²) in [6, 6.07) is -0.548. The van der Waals surface area contributed by atoms with Gasteiger partial charge >= 0.3 is 0 Å². The van der Waals surface area contributed by atoms with Gasteiger partial charge in [-0.15, -0.1) is 0 Å². The van der Waals surface area contributed by atoms with Crippen molar-refractivity contribution in [3.05, 3.63) is 0 Å². The topological polar surface area (TPSA) is 151 Å². The summed E-state index contributed by atoms with van der Waals surface area (Å²) in [5, 5.41) is 15.2. The highest BCUT2D eigenvalue weighted by Gasteiger charge is 2.33. The van der Waals surface area contributed by atoms with Gasteiger partial charge in [0.2, 0.25) is 11.8 Å². The minimum Gasteiger partial charge on any atom is -0.462 e. The van der Waals surface area contributed by atoms with Gasteiger partial charge in [0, 0.05) is 12.6 Å². The van der Waals surface area contributed by atoms with Crippen molar-refractivity contribution in [1.82, 2.24) is 15.5 Å². The van der Waals surface area contributed by atoms with Gasteiger partial charge in [-0.25, -0.2) is 0 Å². The number of carbonyl (C=O) groups is 4. The van der Waals surface area contributed by atoms with Crippen LogP contribution in [-0.4, -0.2) is 85.0 Å². The average Bonchev–Trinajstić information content (AvgIpc) is 3.56. The molecule has 1 saturated carbocycles. The number of amides is 2. The molecular formula is C29H60N4O6. The van der Waals surface area contributed by atoms with E-state index in [2.05, 4.69) is 29.2 Å². The number of aldehydes is 1. The molecule has 2 rings (SSSR count). The molecule has 0 aromatic heterocycles. The van der Waals surface area contributed by atoms with Gasteiger partial charge in [0.25, 0.3) is 6.47 Å². The van der Waals surface area contributed by atoms with Crippen molar-refractivity contribution in [2.45, 2.75) is 131 Å². The van der Waals surface area contributed by atoms with Gasteiger partial charge in [0.05, 0.1) is 12.1 Å². The SMILES string of the molecule is CC.CC(C)(C)OC=O.CCC.CNC(CC1CC1)C(O)C(N)=O.CN[C@H](C(=O)N1CCCC1C=O)C(C)C. The number of nitrogens with zero attached hydrogens (tertiary/aromatic N) is 1. The molecular weight excluding hydrogens is 500 g/mol. The summed E-state index contributed by atoms with van der Waals surface area (Å²) in [7, 11) is 3.52. The fraction of sp³-hybridized carbons (Fsp3) is 0.862. The lowest BCUT2D eigenvalue weighted by Gasteiger charge is -2.27. The third-order valence-corrected chi connectivity index (χ3v) is 5.71. The number of aliphatic hydroxyl groups excluding tert-OH is 1. The van der Waals surface area contributed by atoms with E-state index in [1.54, 1.807) is 19.0 Å². The van der Waals surface area contributed by atoms with Gasteiger partial charge in [0.15, 0.2) is 0 Å². The van der Waals surface area contributed by atoms with Crippen LogP contribution in [-0.2, 0) is 23.9 Å². The maximum atomic E-state index is 12.1. The molecule has 5 N–H and O–H groups in total. The summed E-state index contributed by atoms with van der Waals surface area (Å²) in [5.41, 5.74) is 4.66. The first-order valence-electron chi connectivity index (χ1n) is 14.4. The van der Waals surface area contributed by atoms with Gasteiger partial charge in [-0.2, -0.15) is 0 Å². The molecule has 0 aromatic carbocycles. The van der Waals surface area contributed by atoms with Gasteiger partial charge in [-0.3, -0.25) is 14.4 Å². The molecule has 1 aliphatic carbocycles. The Morgan fingerprint density at radius 1 is 1.08 bits per heavy atom. The van der Waals surface area contributed by atoms with E-state index in [1.165, 1.54) is 19.3 Å². The molecule has 10 nitrogen and oxygen atoms in total. The van der Waals surface area contributed by atoms with E-state index < -0.39 is 12.0 Å². The first-order chi connectivity index (χ1) is 18.2. The van der Waals surface area contributed by atoms with Gasteiger partial charge < -0.3 is 35.9 Å². The zero-order valence-corrected chi connectivity index (χ0v) is 26.6. The van der Waals surface area contributed by atoms with Gasteiger partial charge in [0.1, 0.15) is 18.0 Å². The molecule has 1 heterocycles. The zero-order chi connectivity index (χ0) is 31.2. The number of likely N-dealkylation sites (tertiary alicyclic amines) is 1. The Morgan fingerprint density at radius 3 is 1.87 bits per heavy atom. The Kier molecular flexibility index (Phi) is 25.3. The maximum absolute atomic E-state index is 12.1. The summed E-state index contributed by atoms with van der Waals surface area (Å²) < 4.78 is 4.55. The van der Waals surface area contributed by atoms with Crippen LogP contribution in [0.4, 0.5) is 0 Å². The number of nitrogens with one attached hydrogen (secondary N) is 2. The Bertz CT molecular complexity index is 650. The standard InChI is InChI=1S/C11H20N2O2.C8H16N2O2.C5H10O2.C3H8.C2H6/c1-8(2)10(12-3)11(15)13-6-4-5-9(13)7-14;1-10-6(4-5-2-3-5)7(11)8(9)12;1-5(2,3)7-4-6;1-3-2;1-2/h7-10,12H,4-6H2,1-3H3;5-7,10-11H,2-4H2,1H3,(H2,9,12);4H,1-3H3;3H2,1-2H3;1-2H3/t9?,10-;;;;/m0..../s1. The highest BCUT2D eigenvalue weighted by molar-refractivity contribution is 5.85. The summed E-state index contributed by atoms with van der Waals surface area (Å²) in [6.07, 6.45) is 6.11. The molecule has 2 fully saturated rings. The van der Waals surface area contributed by atoms with Gasteiger partial charge in [-0.1, -0.05) is 60.8 Å². The quantitative estimate of drug-likeness (QED) is 0.298. The summed E-state index contributed by atoms with van der Waals surface area (Å²) in [5.74, 6) is 0.337. The van der Waals surface area contributed by atoms with E-state index >= 15 is 0 Å². The minimum atomic E-state index is -1.05. The van der Waals surface area contributed by atoms with Crippen molar-refractivity contribution in [1.29, 1.82) is 0 Å². The normalized spacial score (nSPS) is 18.2. The molecule has 39 heavy (non-hydrogen) atoms. The Hall–Kier alpha value is -2.04. The molecule has 1 saturated heterocycles. The smallest absolute Gasteiger partial charge is 0.293 e. The molecule has 0 aromatic rings. The average molecular weight is 561 g/mol. The number of ether oxygens (including phenoxy) is 1. The van der Waals surface area contributed by atoms with Crippen LogP contribution in [0.3, 0.4) is 0 Å². The first kappa shape index (κ1) is 41.4. The minimum absolute atomic E-state index is 0.0575. The molecule has 1 aliphatic heterocycles. The monoisotopic (exact) mass is 560 g/mol. The Morgan fingerprint density at radius 2 is 1.59 bits per heavy atom. The molecule has 4 atom stereocenters. The summed E-state index contributed by atoms with van der Waals surface area (Å²) >= 11 is 0. The fourth-order valence-electron chi connectivity index (χ4n) is 3.59. The van der Waals surface area contributed by atoms with E-state index in [-0.39, 0.29) is 35.6 Å². The first-order valence-corrected chi connectivity index (χ1v) is 14.4. The number of nitrogens with two attached hydrogens (primary N) is 1. The molecule has 3 unspecified atom stereocenters. The number of aliphatic hydroxyl groups is 1. The van der Waals surface area contributed by atoms with Crippen LogP contribution >= 0.6 is 0 Å². The highest BCUT2D eigenvalue weighted by atomic mass is 16.5. The largest absolute Gasteiger partial charge is 0.462 e. The van der Waals surface area contributed by atoms with Crippen molar-refractivity contribution in [3.8, 4) is 0 Å². The molecule has 2 amide bonds. The van der Waals surface area contributed by atoms with E-state index in [9.17, 15) is 24.3 Å². The third-order valence-electron chi connectivity index (χ3n) is 5.71. The number of carbonyl (C=O) groups excluding carboxylic acids is 4. The number of primary amides is 1. The van der Waals surface area contributed by atoms with Crippen LogP contribution < -0.4 is 16.4 Å². The van der Waals surface area contributed by atoms with E-state index in [1.807, 2.05) is 48.5 Å². The highest BCUT2D eigenvalue weighted by Crippen LogP contribution is 2.34. The predicted octanol–water partition coefficient (Wildman–Crippen LogP) is 3.04. The Balaban J connectivity index is -0.000000482. The molecule has 0 bridgehead atoms. The second-order valence-corrected chi connectivity index (χ2v) is 10.8.